The van der Waals surface area contributed by atoms with E-state index >= 15 is 0 Å². The average molecular weight is 487 g/mol. The van der Waals surface area contributed by atoms with Crippen molar-refractivity contribution in [3.8, 4) is 0 Å². The molecule has 0 unspecified atom stereocenters. The molecule has 0 aliphatic heterocycles. The highest BCUT2D eigenvalue weighted by Crippen LogP contribution is 2.26. The molecule has 0 saturated carbocycles. The number of hydrogen-bond donors (Lipinski definition) is 1. The highest BCUT2D eigenvalue weighted by molar-refractivity contribution is 7.92. The number of carbonyl (C=O) groups excluding carboxylic acids is 1. The Morgan fingerprint density at radius 3 is 2.00 bits per heavy atom. The molecule has 0 radical (unpaired) electrons. The Labute approximate surface area is 195 Å². The zero-order valence-electron chi connectivity index (χ0n) is 18.6. The molecular weight excluding hydrogens is 460 g/mol. The molecule has 0 saturated heterocycles. The van der Waals surface area contributed by atoms with Crippen LogP contribution in [0.4, 0.5) is 5.69 Å². The lowest BCUT2D eigenvalue weighted by Crippen LogP contribution is -2.33. The summed E-state index contributed by atoms with van der Waals surface area (Å²) in [6.07, 6.45) is 2.24. The van der Waals surface area contributed by atoms with Gasteiger partial charge in [-0.3, -0.25) is 9.10 Å². The number of amides is 1. The van der Waals surface area contributed by atoms with Crippen molar-refractivity contribution in [3.63, 3.8) is 0 Å². The van der Waals surface area contributed by atoms with Crippen LogP contribution in [0.2, 0.25) is 0 Å². The van der Waals surface area contributed by atoms with Gasteiger partial charge in [-0.25, -0.2) is 16.8 Å². The van der Waals surface area contributed by atoms with Gasteiger partial charge in [0.25, 0.3) is 5.91 Å². The minimum absolute atomic E-state index is 0.0898. The second kappa shape index (κ2) is 9.76. The molecule has 0 fully saturated rings. The van der Waals surface area contributed by atoms with E-state index in [1.54, 1.807) is 43.3 Å². The van der Waals surface area contributed by atoms with Crippen LogP contribution in [0.5, 0.6) is 0 Å². The van der Waals surface area contributed by atoms with Gasteiger partial charge in [0.15, 0.2) is 9.84 Å². The molecule has 9 heteroatoms. The van der Waals surface area contributed by atoms with Crippen molar-refractivity contribution >= 4 is 31.5 Å². The number of benzene rings is 3. The lowest BCUT2D eigenvalue weighted by molar-refractivity contribution is 0.0940. The Balaban J connectivity index is 1.88. The van der Waals surface area contributed by atoms with E-state index in [1.807, 2.05) is 30.3 Å². The molecule has 3 aromatic carbocycles. The van der Waals surface area contributed by atoms with Gasteiger partial charge >= 0.3 is 0 Å². The normalized spacial score (nSPS) is 12.7. The first-order valence-corrected chi connectivity index (χ1v) is 13.9. The zero-order chi connectivity index (χ0) is 24.2. The molecule has 0 aromatic heterocycles. The summed E-state index contributed by atoms with van der Waals surface area (Å²) in [5.74, 6) is -0.438. The number of nitrogens with zero attached hydrogens (tertiary/aromatic N) is 1. The van der Waals surface area contributed by atoms with Crippen LogP contribution in [-0.4, -0.2) is 35.3 Å². The Kier molecular flexibility index (Phi) is 7.24. The summed E-state index contributed by atoms with van der Waals surface area (Å²) < 4.78 is 49.8. The summed E-state index contributed by atoms with van der Waals surface area (Å²) in [5.41, 5.74) is 2.01. The quantitative estimate of drug-likeness (QED) is 0.525. The molecule has 0 spiro atoms. The molecule has 1 N–H and O–H groups in total. The number of hydrogen-bond acceptors (Lipinski definition) is 5. The van der Waals surface area contributed by atoms with Gasteiger partial charge in [0, 0.05) is 6.26 Å². The number of carbonyl (C=O) groups is 1. The van der Waals surface area contributed by atoms with Gasteiger partial charge in [-0.15, -0.1) is 0 Å². The van der Waals surface area contributed by atoms with Crippen molar-refractivity contribution in [1.29, 1.82) is 0 Å². The summed E-state index contributed by atoms with van der Waals surface area (Å²) in [5, 5.41) is 2.87. The first-order chi connectivity index (χ1) is 15.5. The van der Waals surface area contributed by atoms with E-state index in [9.17, 15) is 21.6 Å². The van der Waals surface area contributed by atoms with Gasteiger partial charge in [-0.1, -0.05) is 54.6 Å². The molecule has 1 amide bonds. The Bertz CT molecular complexity index is 1340. The van der Waals surface area contributed by atoms with E-state index in [1.165, 1.54) is 16.4 Å². The summed E-state index contributed by atoms with van der Waals surface area (Å²) in [7, 11) is -6.99. The van der Waals surface area contributed by atoms with Gasteiger partial charge in [0.2, 0.25) is 10.0 Å². The van der Waals surface area contributed by atoms with Crippen LogP contribution >= 0.6 is 0 Å². The van der Waals surface area contributed by atoms with Crippen molar-refractivity contribution in [2.75, 3.05) is 16.8 Å². The fourth-order valence-electron chi connectivity index (χ4n) is 3.37. The van der Waals surface area contributed by atoms with Gasteiger partial charge in [0.1, 0.15) is 0 Å². The molecule has 3 rings (SSSR count). The lowest BCUT2D eigenvalue weighted by Gasteiger charge is -2.25. The van der Waals surface area contributed by atoms with Crippen molar-refractivity contribution in [2.24, 2.45) is 0 Å². The number of para-hydroxylation sites is 1. The number of rotatable bonds is 8. The third-order valence-electron chi connectivity index (χ3n) is 5.14. The first-order valence-electron chi connectivity index (χ1n) is 10.2. The second-order valence-electron chi connectivity index (χ2n) is 7.81. The molecule has 3 aromatic rings. The summed E-state index contributed by atoms with van der Waals surface area (Å²) >= 11 is 0. The van der Waals surface area contributed by atoms with Crippen LogP contribution in [0, 0.1) is 0 Å². The van der Waals surface area contributed by atoms with Gasteiger partial charge in [-0.05, 0) is 42.3 Å². The van der Waals surface area contributed by atoms with E-state index in [0.717, 1.165) is 23.6 Å². The number of sulfonamides is 1. The Morgan fingerprint density at radius 1 is 0.848 bits per heavy atom. The van der Waals surface area contributed by atoms with Crippen LogP contribution in [-0.2, 0) is 26.4 Å². The first kappa shape index (κ1) is 24.5. The topological polar surface area (TPSA) is 101 Å². The lowest BCUT2D eigenvalue weighted by atomic mass is 10.1. The third kappa shape index (κ3) is 6.21. The molecule has 174 valence electrons. The Morgan fingerprint density at radius 2 is 1.42 bits per heavy atom. The SMILES string of the molecule is C[C@@H](NC(=O)c1ccccc1N(Cc1ccccc1)S(C)(=O)=O)c1ccc(S(C)(=O)=O)cc1. The highest BCUT2D eigenvalue weighted by Gasteiger charge is 2.24. The number of sulfone groups is 1. The summed E-state index contributed by atoms with van der Waals surface area (Å²) in [4.78, 5) is 13.3. The predicted molar refractivity (Wildman–Crippen MR) is 129 cm³/mol. The maximum Gasteiger partial charge on any atom is 0.253 e. The van der Waals surface area contributed by atoms with Crippen LogP contribution in [0.25, 0.3) is 0 Å². The molecule has 0 aliphatic rings. The smallest absolute Gasteiger partial charge is 0.253 e. The number of anilines is 1. The molecule has 0 heterocycles. The predicted octanol–water partition coefficient (Wildman–Crippen LogP) is 3.55. The van der Waals surface area contributed by atoms with Crippen molar-refractivity contribution in [3.05, 3.63) is 95.6 Å². The molecule has 33 heavy (non-hydrogen) atoms. The molecular formula is C24H26N2O5S2. The van der Waals surface area contributed by atoms with E-state index in [0.29, 0.717) is 0 Å². The largest absolute Gasteiger partial charge is 0.345 e. The molecule has 0 bridgehead atoms. The van der Waals surface area contributed by atoms with Crippen LogP contribution < -0.4 is 9.62 Å². The van der Waals surface area contributed by atoms with E-state index in [4.69, 9.17) is 0 Å². The Hall–Kier alpha value is -3.17. The second-order valence-corrected chi connectivity index (χ2v) is 11.7. The molecule has 7 nitrogen and oxygen atoms in total. The molecule has 1 atom stereocenters. The minimum Gasteiger partial charge on any atom is -0.345 e. The standard InChI is InChI=1S/C24H26N2O5S2/c1-18(20-13-15-21(16-14-20)32(2,28)29)25-24(27)22-11-7-8-12-23(22)26(33(3,30)31)17-19-9-5-4-6-10-19/h4-16,18H,17H2,1-3H3,(H,25,27)/t18-/m1/s1. The van der Waals surface area contributed by atoms with Crippen molar-refractivity contribution in [2.45, 2.75) is 24.4 Å². The summed E-state index contributed by atoms with van der Waals surface area (Å²) in [6, 6.07) is 21.5. The molecule has 0 aliphatic carbocycles. The van der Waals surface area contributed by atoms with Crippen molar-refractivity contribution < 1.29 is 21.6 Å². The highest BCUT2D eigenvalue weighted by atomic mass is 32.2. The van der Waals surface area contributed by atoms with E-state index in [-0.39, 0.29) is 22.7 Å². The van der Waals surface area contributed by atoms with Gasteiger partial charge in [0.05, 0.1) is 35.0 Å². The minimum atomic E-state index is -3.68. The van der Waals surface area contributed by atoms with Gasteiger partial charge < -0.3 is 5.32 Å². The van der Waals surface area contributed by atoms with E-state index in [2.05, 4.69) is 5.32 Å². The van der Waals surface area contributed by atoms with Gasteiger partial charge in [-0.2, -0.15) is 0 Å². The van der Waals surface area contributed by atoms with Crippen LogP contribution in [0.3, 0.4) is 0 Å². The zero-order valence-corrected chi connectivity index (χ0v) is 20.2. The number of nitrogens with one attached hydrogen (secondary N) is 1. The monoisotopic (exact) mass is 486 g/mol. The van der Waals surface area contributed by atoms with Crippen molar-refractivity contribution in [1.82, 2.24) is 5.32 Å². The van der Waals surface area contributed by atoms with E-state index < -0.39 is 31.8 Å². The fraction of sp³-hybridized carbons (Fsp3) is 0.208. The maximum atomic E-state index is 13.1. The average Bonchev–Trinajstić information content (AvgIpc) is 2.77. The van der Waals surface area contributed by atoms with Crippen LogP contribution in [0.1, 0.15) is 34.5 Å². The maximum absolute atomic E-state index is 13.1. The van der Waals surface area contributed by atoms with Crippen LogP contribution in [0.15, 0.2) is 83.8 Å². The summed E-state index contributed by atoms with van der Waals surface area (Å²) in [6.45, 7) is 1.86. The fourth-order valence-corrected chi connectivity index (χ4v) is 4.91. The third-order valence-corrected chi connectivity index (χ3v) is 7.40.